The fourth-order valence-electron chi connectivity index (χ4n) is 3.53. The van der Waals surface area contributed by atoms with Crippen LogP contribution < -0.4 is 5.32 Å². The van der Waals surface area contributed by atoms with E-state index in [0.29, 0.717) is 6.54 Å². The second-order valence-corrected chi connectivity index (χ2v) is 10.1. The van der Waals surface area contributed by atoms with E-state index in [2.05, 4.69) is 56.8 Å². The zero-order valence-corrected chi connectivity index (χ0v) is 19.2. The topological polar surface area (TPSA) is 61.4 Å². The molecule has 162 valence electrons. The standard InChI is InChI=1S/C23H27N5OS2/c1-18(30-23-26-25-22(31-23)24-16-19-8-4-2-5-9-19)21(29)28-14-12-27(13-15-28)17-20-10-6-3-7-11-20/h2-11,18H,12-17H2,1H3,(H,24,25)/t18-/m0/s1. The van der Waals surface area contributed by atoms with E-state index in [1.807, 2.05) is 36.1 Å². The van der Waals surface area contributed by atoms with Crippen molar-refractivity contribution in [2.75, 3.05) is 31.5 Å². The number of carbonyl (C=O) groups excluding carboxylic acids is 1. The van der Waals surface area contributed by atoms with Crippen molar-refractivity contribution in [3.8, 4) is 0 Å². The molecule has 0 bridgehead atoms. The molecule has 1 fully saturated rings. The van der Waals surface area contributed by atoms with Crippen LogP contribution in [0.25, 0.3) is 0 Å². The molecule has 1 saturated heterocycles. The van der Waals surface area contributed by atoms with E-state index in [0.717, 1.165) is 42.2 Å². The highest BCUT2D eigenvalue weighted by Crippen LogP contribution is 2.30. The first-order valence-electron chi connectivity index (χ1n) is 10.5. The van der Waals surface area contributed by atoms with Gasteiger partial charge >= 0.3 is 0 Å². The molecule has 0 unspecified atom stereocenters. The molecule has 3 aromatic rings. The summed E-state index contributed by atoms with van der Waals surface area (Å²) in [5, 5.41) is 12.4. The van der Waals surface area contributed by atoms with Gasteiger partial charge < -0.3 is 10.2 Å². The monoisotopic (exact) mass is 453 g/mol. The first-order chi connectivity index (χ1) is 15.2. The largest absolute Gasteiger partial charge is 0.356 e. The SMILES string of the molecule is C[C@H](Sc1nnc(NCc2ccccc2)s1)C(=O)N1CCN(Cc2ccccc2)CC1. The smallest absolute Gasteiger partial charge is 0.235 e. The Morgan fingerprint density at radius 3 is 2.32 bits per heavy atom. The summed E-state index contributed by atoms with van der Waals surface area (Å²) in [6.07, 6.45) is 0. The van der Waals surface area contributed by atoms with Gasteiger partial charge in [-0.1, -0.05) is 83.8 Å². The van der Waals surface area contributed by atoms with Crippen molar-refractivity contribution in [3.63, 3.8) is 0 Å². The average Bonchev–Trinajstić information content (AvgIpc) is 3.26. The molecule has 1 N–H and O–H groups in total. The number of amides is 1. The summed E-state index contributed by atoms with van der Waals surface area (Å²) in [6, 6.07) is 20.7. The van der Waals surface area contributed by atoms with Gasteiger partial charge in [0.25, 0.3) is 0 Å². The third kappa shape index (κ3) is 6.29. The van der Waals surface area contributed by atoms with E-state index in [1.165, 1.54) is 34.2 Å². The molecular weight excluding hydrogens is 426 g/mol. The number of piperazine rings is 1. The first-order valence-corrected chi connectivity index (χ1v) is 12.2. The van der Waals surface area contributed by atoms with Gasteiger partial charge in [0.15, 0.2) is 4.34 Å². The molecule has 0 spiro atoms. The second kappa shape index (κ2) is 10.7. The van der Waals surface area contributed by atoms with Crippen molar-refractivity contribution < 1.29 is 4.79 Å². The highest BCUT2D eigenvalue weighted by molar-refractivity contribution is 8.02. The van der Waals surface area contributed by atoms with Gasteiger partial charge in [0.2, 0.25) is 11.0 Å². The van der Waals surface area contributed by atoms with Crippen molar-refractivity contribution in [2.45, 2.75) is 29.6 Å². The molecule has 2 heterocycles. The van der Waals surface area contributed by atoms with E-state index in [1.54, 1.807) is 0 Å². The van der Waals surface area contributed by atoms with E-state index in [9.17, 15) is 4.79 Å². The lowest BCUT2D eigenvalue weighted by molar-refractivity contribution is -0.132. The van der Waals surface area contributed by atoms with Crippen molar-refractivity contribution in [1.82, 2.24) is 20.0 Å². The number of rotatable bonds is 8. The number of aromatic nitrogens is 2. The molecule has 0 saturated carbocycles. The summed E-state index contributed by atoms with van der Waals surface area (Å²) in [7, 11) is 0. The summed E-state index contributed by atoms with van der Waals surface area (Å²) in [5.74, 6) is 0.179. The van der Waals surface area contributed by atoms with Gasteiger partial charge in [-0.15, -0.1) is 10.2 Å². The molecule has 2 aromatic carbocycles. The number of thioether (sulfide) groups is 1. The molecule has 1 aliphatic heterocycles. The number of nitrogens with zero attached hydrogens (tertiary/aromatic N) is 4. The minimum atomic E-state index is -0.171. The number of benzene rings is 2. The Kier molecular flexibility index (Phi) is 7.56. The van der Waals surface area contributed by atoms with Crippen LogP contribution in [0.1, 0.15) is 18.1 Å². The van der Waals surface area contributed by atoms with Crippen molar-refractivity contribution >= 4 is 34.1 Å². The molecule has 4 rings (SSSR count). The summed E-state index contributed by atoms with van der Waals surface area (Å²) >= 11 is 2.99. The van der Waals surface area contributed by atoms with Gasteiger partial charge in [-0.05, 0) is 18.1 Å². The Morgan fingerprint density at radius 2 is 1.65 bits per heavy atom. The molecule has 1 atom stereocenters. The normalized spacial score (nSPS) is 15.6. The summed E-state index contributed by atoms with van der Waals surface area (Å²) in [4.78, 5) is 17.3. The van der Waals surface area contributed by atoms with Gasteiger partial charge in [0, 0.05) is 39.3 Å². The Balaban J connectivity index is 1.22. The van der Waals surface area contributed by atoms with E-state index in [-0.39, 0.29) is 11.2 Å². The van der Waals surface area contributed by atoms with Crippen LogP contribution in [0.3, 0.4) is 0 Å². The van der Waals surface area contributed by atoms with Gasteiger partial charge in [0.05, 0.1) is 5.25 Å². The maximum Gasteiger partial charge on any atom is 0.235 e. The number of hydrogen-bond donors (Lipinski definition) is 1. The van der Waals surface area contributed by atoms with Crippen molar-refractivity contribution in [3.05, 3.63) is 71.8 Å². The minimum absolute atomic E-state index is 0.171. The van der Waals surface area contributed by atoms with Gasteiger partial charge in [-0.3, -0.25) is 9.69 Å². The highest BCUT2D eigenvalue weighted by Gasteiger charge is 2.26. The van der Waals surface area contributed by atoms with Crippen LogP contribution in [-0.2, 0) is 17.9 Å². The van der Waals surface area contributed by atoms with Crippen LogP contribution in [-0.4, -0.2) is 57.3 Å². The highest BCUT2D eigenvalue weighted by atomic mass is 32.2. The Labute approximate surface area is 191 Å². The lowest BCUT2D eigenvalue weighted by Gasteiger charge is -2.35. The fraction of sp³-hybridized carbons (Fsp3) is 0.348. The van der Waals surface area contributed by atoms with Crippen LogP contribution in [0.4, 0.5) is 5.13 Å². The van der Waals surface area contributed by atoms with Gasteiger partial charge in [-0.25, -0.2) is 0 Å². The van der Waals surface area contributed by atoms with Crippen LogP contribution in [0.5, 0.6) is 0 Å². The van der Waals surface area contributed by atoms with Crippen LogP contribution in [0.15, 0.2) is 65.0 Å². The molecule has 8 heteroatoms. The lowest BCUT2D eigenvalue weighted by atomic mass is 10.2. The Morgan fingerprint density at radius 1 is 1.00 bits per heavy atom. The average molecular weight is 454 g/mol. The summed E-state index contributed by atoms with van der Waals surface area (Å²) < 4.78 is 0.819. The third-order valence-electron chi connectivity index (χ3n) is 5.25. The van der Waals surface area contributed by atoms with Gasteiger partial charge in [-0.2, -0.15) is 0 Å². The van der Waals surface area contributed by atoms with Crippen LogP contribution >= 0.6 is 23.1 Å². The Hall–Kier alpha value is -2.42. The van der Waals surface area contributed by atoms with E-state index < -0.39 is 0 Å². The maximum absolute atomic E-state index is 12.9. The Bertz CT molecular complexity index is 958. The third-order valence-corrected chi connectivity index (χ3v) is 7.30. The predicted molar refractivity (Wildman–Crippen MR) is 127 cm³/mol. The summed E-state index contributed by atoms with van der Waals surface area (Å²) in [5.41, 5.74) is 2.51. The van der Waals surface area contributed by atoms with E-state index in [4.69, 9.17) is 0 Å². The fourth-order valence-corrected chi connectivity index (χ4v) is 5.50. The molecule has 6 nitrogen and oxygen atoms in total. The lowest BCUT2D eigenvalue weighted by Crippen LogP contribution is -2.50. The number of anilines is 1. The van der Waals surface area contributed by atoms with Gasteiger partial charge in [0.1, 0.15) is 0 Å². The van der Waals surface area contributed by atoms with Crippen molar-refractivity contribution in [1.29, 1.82) is 0 Å². The molecule has 1 aliphatic rings. The maximum atomic E-state index is 12.9. The molecule has 1 aromatic heterocycles. The predicted octanol–water partition coefficient (Wildman–Crippen LogP) is 3.98. The van der Waals surface area contributed by atoms with Crippen LogP contribution in [0, 0.1) is 0 Å². The summed E-state index contributed by atoms with van der Waals surface area (Å²) in [6.45, 7) is 6.97. The number of nitrogens with one attached hydrogen (secondary N) is 1. The molecule has 31 heavy (non-hydrogen) atoms. The molecule has 0 radical (unpaired) electrons. The molecule has 0 aliphatic carbocycles. The second-order valence-electron chi connectivity index (χ2n) is 7.56. The zero-order valence-electron chi connectivity index (χ0n) is 17.6. The number of carbonyl (C=O) groups is 1. The zero-order chi connectivity index (χ0) is 21.5. The van der Waals surface area contributed by atoms with E-state index >= 15 is 0 Å². The minimum Gasteiger partial charge on any atom is -0.356 e. The van der Waals surface area contributed by atoms with Crippen molar-refractivity contribution in [2.24, 2.45) is 0 Å². The molecule has 1 amide bonds. The quantitative estimate of drug-likeness (QED) is 0.521. The first kappa shape index (κ1) is 21.8. The number of hydrogen-bond acceptors (Lipinski definition) is 7. The molecular formula is C23H27N5OS2. The van der Waals surface area contributed by atoms with Crippen LogP contribution in [0.2, 0.25) is 0 Å².